The molecule has 0 aromatic carbocycles. The van der Waals surface area contributed by atoms with Crippen molar-refractivity contribution in [3.05, 3.63) is 59.6 Å². The molecule has 1 rings (SSSR count). The standard InChI is InChI=1S/C14H18O2/c1-4-11-6-8-12(9-7-11)10(3)14(16)13(15)5-2/h5-6,8,15-16H,2-4,7,9H2,1H3/b14-13-. The van der Waals surface area contributed by atoms with E-state index in [-0.39, 0.29) is 11.5 Å². The topological polar surface area (TPSA) is 40.5 Å². The van der Waals surface area contributed by atoms with Gasteiger partial charge in [-0.2, -0.15) is 0 Å². The molecule has 16 heavy (non-hydrogen) atoms. The molecule has 0 amide bonds. The molecule has 0 aromatic rings. The first kappa shape index (κ1) is 12.4. The van der Waals surface area contributed by atoms with E-state index in [0.29, 0.717) is 5.57 Å². The van der Waals surface area contributed by atoms with Gasteiger partial charge >= 0.3 is 0 Å². The van der Waals surface area contributed by atoms with Crippen molar-refractivity contribution in [2.45, 2.75) is 26.2 Å². The average Bonchev–Trinajstić information content (AvgIpc) is 2.36. The zero-order valence-electron chi connectivity index (χ0n) is 9.66. The minimum atomic E-state index is -0.226. The summed E-state index contributed by atoms with van der Waals surface area (Å²) in [5.41, 5.74) is 2.83. The first-order chi connectivity index (χ1) is 7.60. The van der Waals surface area contributed by atoms with Crippen molar-refractivity contribution in [3.63, 3.8) is 0 Å². The van der Waals surface area contributed by atoms with Gasteiger partial charge in [-0.1, -0.05) is 37.8 Å². The lowest BCUT2D eigenvalue weighted by molar-refractivity contribution is 0.347. The van der Waals surface area contributed by atoms with E-state index in [1.165, 1.54) is 11.6 Å². The molecule has 2 N–H and O–H groups in total. The highest BCUT2D eigenvalue weighted by atomic mass is 16.3. The Hall–Kier alpha value is -1.70. The van der Waals surface area contributed by atoms with Crippen molar-refractivity contribution in [1.29, 1.82) is 0 Å². The van der Waals surface area contributed by atoms with Crippen LogP contribution in [0, 0.1) is 0 Å². The smallest absolute Gasteiger partial charge is 0.164 e. The summed E-state index contributed by atoms with van der Waals surface area (Å²) >= 11 is 0. The van der Waals surface area contributed by atoms with E-state index >= 15 is 0 Å². The van der Waals surface area contributed by atoms with Gasteiger partial charge in [-0.15, -0.1) is 0 Å². The zero-order chi connectivity index (χ0) is 12.1. The molecule has 0 saturated carbocycles. The molecule has 0 spiro atoms. The van der Waals surface area contributed by atoms with Crippen LogP contribution in [-0.4, -0.2) is 10.2 Å². The fraction of sp³-hybridized carbons (Fsp3) is 0.286. The van der Waals surface area contributed by atoms with Crippen LogP contribution in [0.4, 0.5) is 0 Å². The van der Waals surface area contributed by atoms with E-state index in [1.807, 2.05) is 6.08 Å². The molecule has 2 nitrogen and oxygen atoms in total. The highest BCUT2D eigenvalue weighted by molar-refractivity contribution is 5.46. The Morgan fingerprint density at radius 1 is 1.38 bits per heavy atom. The van der Waals surface area contributed by atoms with Gasteiger partial charge in [-0.05, 0) is 30.9 Å². The van der Waals surface area contributed by atoms with Crippen LogP contribution in [0.1, 0.15) is 26.2 Å². The summed E-state index contributed by atoms with van der Waals surface area (Å²) in [6, 6.07) is 0. The molecule has 1 aliphatic rings. The first-order valence-electron chi connectivity index (χ1n) is 5.43. The summed E-state index contributed by atoms with van der Waals surface area (Å²) in [5, 5.41) is 19.0. The molecule has 0 radical (unpaired) electrons. The molecule has 0 fully saturated rings. The SMILES string of the molecule is C=C/C(O)=C(/O)C(=C)C1=CC=C(CC)CC1. The van der Waals surface area contributed by atoms with E-state index in [1.54, 1.807) is 0 Å². The van der Waals surface area contributed by atoms with Crippen molar-refractivity contribution in [2.24, 2.45) is 0 Å². The van der Waals surface area contributed by atoms with Crippen molar-refractivity contribution in [1.82, 2.24) is 0 Å². The molecule has 0 aromatic heterocycles. The van der Waals surface area contributed by atoms with Crippen LogP contribution in [0.3, 0.4) is 0 Å². The molecule has 0 unspecified atom stereocenters. The monoisotopic (exact) mass is 218 g/mol. The molecule has 0 heterocycles. The maximum Gasteiger partial charge on any atom is 0.164 e. The molecular weight excluding hydrogens is 200 g/mol. The molecule has 86 valence electrons. The summed E-state index contributed by atoms with van der Waals surface area (Å²) in [6.07, 6.45) is 8.11. The summed E-state index contributed by atoms with van der Waals surface area (Å²) in [5.74, 6) is -0.411. The minimum absolute atomic E-state index is 0.186. The van der Waals surface area contributed by atoms with Crippen LogP contribution in [-0.2, 0) is 0 Å². The third-order valence-electron chi connectivity index (χ3n) is 2.80. The average molecular weight is 218 g/mol. The summed E-state index contributed by atoms with van der Waals surface area (Å²) in [6.45, 7) is 9.30. The van der Waals surface area contributed by atoms with Crippen LogP contribution < -0.4 is 0 Å². The van der Waals surface area contributed by atoms with E-state index in [2.05, 4.69) is 26.2 Å². The lowest BCUT2D eigenvalue weighted by Crippen LogP contribution is -2.00. The van der Waals surface area contributed by atoms with Crippen LogP contribution in [0.2, 0.25) is 0 Å². The second-order valence-corrected chi connectivity index (χ2v) is 3.79. The van der Waals surface area contributed by atoms with Crippen molar-refractivity contribution in [2.75, 3.05) is 0 Å². The number of hydrogen-bond acceptors (Lipinski definition) is 2. The molecule has 0 atom stereocenters. The second kappa shape index (κ2) is 5.40. The third-order valence-corrected chi connectivity index (χ3v) is 2.80. The Balaban J connectivity index is 2.89. The Kier molecular flexibility index (Phi) is 4.18. The molecule has 1 aliphatic carbocycles. The molecule has 0 bridgehead atoms. The number of hydrogen-bond donors (Lipinski definition) is 2. The van der Waals surface area contributed by atoms with Gasteiger partial charge in [0.1, 0.15) is 0 Å². The van der Waals surface area contributed by atoms with Crippen LogP contribution in [0.25, 0.3) is 0 Å². The van der Waals surface area contributed by atoms with E-state index in [9.17, 15) is 10.2 Å². The molecule has 0 saturated heterocycles. The first-order valence-corrected chi connectivity index (χ1v) is 5.43. The van der Waals surface area contributed by atoms with Gasteiger partial charge in [0, 0.05) is 5.57 Å². The number of rotatable bonds is 4. The van der Waals surface area contributed by atoms with Crippen LogP contribution >= 0.6 is 0 Å². The highest BCUT2D eigenvalue weighted by Gasteiger charge is 2.13. The maximum atomic E-state index is 9.66. The van der Waals surface area contributed by atoms with Gasteiger partial charge in [-0.3, -0.25) is 0 Å². The van der Waals surface area contributed by atoms with Crippen molar-refractivity contribution < 1.29 is 10.2 Å². The van der Waals surface area contributed by atoms with Crippen molar-refractivity contribution >= 4 is 0 Å². The predicted octanol–water partition coefficient (Wildman–Crippen LogP) is 4.11. The maximum absolute atomic E-state index is 9.66. The largest absolute Gasteiger partial charge is 0.504 e. The lowest BCUT2D eigenvalue weighted by atomic mass is 9.92. The Morgan fingerprint density at radius 3 is 2.50 bits per heavy atom. The molecule has 2 heteroatoms. The zero-order valence-corrected chi connectivity index (χ0v) is 9.66. The van der Waals surface area contributed by atoms with Crippen molar-refractivity contribution in [3.8, 4) is 0 Å². The van der Waals surface area contributed by atoms with Gasteiger partial charge in [0.2, 0.25) is 0 Å². The van der Waals surface area contributed by atoms with Gasteiger partial charge in [0.15, 0.2) is 11.5 Å². The van der Waals surface area contributed by atoms with Crippen LogP contribution in [0.5, 0.6) is 0 Å². The molecular formula is C14H18O2. The predicted molar refractivity (Wildman–Crippen MR) is 67.3 cm³/mol. The van der Waals surface area contributed by atoms with E-state index in [0.717, 1.165) is 24.8 Å². The lowest BCUT2D eigenvalue weighted by Gasteiger charge is -2.15. The second-order valence-electron chi connectivity index (χ2n) is 3.79. The fourth-order valence-electron chi connectivity index (χ4n) is 1.63. The number of aliphatic hydroxyl groups excluding tert-OH is 2. The number of aliphatic hydroxyl groups is 2. The van der Waals surface area contributed by atoms with E-state index in [4.69, 9.17) is 0 Å². The Bertz CT molecular complexity index is 395. The van der Waals surface area contributed by atoms with Gasteiger partial charge in [0.05, 0.1) is 0 Å². The Morgan fingerprint density at radius 2 is 2.06 bits per heavy atom. The Labute approximate surface area is 96.6 Å². The minimum Gasteiger partial charge on any atom is -0.504 e. The summed E-state index contributed by atoms with van der Waals surface area (Å²) < 4.78 is 0. The number of allylic oxidation sites excluding steroid dienone is 5. The summed E-state index contributed by atoms with van der Waals surface area (Å²) in [4.78, 5) is 0. The van der Waals surface area contributed by atoms with E-state index < -0.39 is 0 Å². The quantitative estimate of drug-likeness (QED) is 0.550. The fourth-order valence-corrected chi connectivity index (χ4v) is 1.63. The van der Waals surface area contributed by atoms with Gasteiger partial charge in [-0.25, -0.2) is 0 Å². The van der Waals surface area contributed by atoms with Gasteiger partial charge < -0.3 is 10.2 Å². The van der Waals surface area contributed by atoms with Gasteiger partial charge in [0.25, 0.3) is 0 Å². The normalized spacial score (nSPS) is 17.1. The molecule has 0 aliphatic heterocycles. The summed E-state index contributed by atoms with van der Waals surface area (Å²) in [7, 11) is 0. The highest BCUT2D eigenvalue weighted by Crippen LogP contribution is 2.28. The third kappa shape index (κ3) is 2.66. The van der Waals surface area contributed by atoms with Crippen LogP contribution in [0.15, 0.2) is 59.6 Å².